The summed E-state index contributed by atoms with van der Waals surface area (Å²) < 4.78 is 39.3. The zero-order chi connectivity index (χ0) is 23.9. The maximum Gasteiger partial charge on any atom is 0.432 e. The van der Waals surface area contributed by atoms with E-state index in [1.807, 2.05) is 0 Å². The molecule has 32 heavy (non-hydrogen) atoms. The fourth-order valence-electron chi connectivity index (χ4n) is 3.16. The van der Waals surface area contributed by atoms with Crippen LogP contribution in [0.1, 0.15) is 69.2 Å². The predicted octanol–water partition coefficient (Wildman–Crippen LogP) is 5.61. The van der Waals surface area contributed by atoms with Crippen LogP contribution in [0.15, 0.2) is 41.6 Å². The maximum absolute atomic E-state index is 13.1. The molecule has 0 amide bonds. The first kappa shape index (κ1) is 24.9. The number of halogens is 3. The summed E-state index contributed by atoms with van der Waals surface area (Å²) in [5.74, 6) is -2.52. The van der Waals surface area contributed by atoms with Gasteiger partial charge < -0.3 is 15.1 Å². The summed E-state index contributed by atoms with van der Waals surface area (Å²) in [7, 11) is 0. The second-order valence-electron chi connectivity index (χ2n) is 7.28. The van der Waals surface area contributed by atoms with Crippen LogP contribution in [0.5, 0.6) is 0 Å². The van der Waals surface area contributed by atoms with Crippen LogP contribution in [0.2, 0.25) is 0 Å². The van der Waals surface area contributed by atoms with Crippen molar-refractivity contribution in [3.8, 4) is 0 Å². The third-order valence-electron chi connectivity index (χ3n) is 4.95. The largest absolute Gasteiger partial charge is 0.478 e. The van der Waals surface area contributed by atoms with E-state index in [1.54, 1.807) is 32.0 Å². The number of hydrogen-bond acceptors (Lipinski definition) is 4. The molecule has 0 aliphatic carbocycles. The highest BCUT2D eigenvalue weighted by Crippen LogP contribution is 2.24. The number of rotatable bonds is 10. The molecule has 6 nitrogen and oxygen atoms in total. The number of aromatic carboxylic acids is 2. The highest BCUT2D eigenvalue weighted by molar-refractivity contribution is 5.95. The molecule has 0 atom stereocenters. The SMILES string of the molecule is CCCCC(=NOCc1c(C)cccc1Cc1ccc(C(=O)O)cc1C(=O)O)C(F)(F)F. The maximum atomic E-state index is 13.1. The molecule has 2 aromatic carbocycles. The van der Waals surface area contributed by atoms with Crippen molar-refractivity contribution in [3.05, 3.63) is 69.8 Å². The summed E-state index contributed by atoms with van der Waals surface area (Å²) in [6.07, 6.45) is -3.76. The Hall–Kier alpha value is -3.36. The van der Waals surface area contributed by atoms with E-state index >= 15 is 0 Å². The summed E-state index contributed by atoms with van der Waals surface area (Å²) in [6.45, 7) is 3.32. The Labute approximate surface area is 183 Å². The zero-order valence-electron chi connectivity index (χ0n) is 17.7. The minimum absolute atomic E-state index is 0.133. The standard InChI is InChI=1S/C23H24F3NO5/c1-3-4-8-20(23(24,25)26)27-32-13-19-14(2)6-5-7-15(19)11-16-9-10-17(21(28)29)12-18(16)22(30)31/h5-7,9-10,12H,3-4,8,11,13H2,1-2H3,(H,28,29)(H,30,31). The minimum atomic E-state index is -4.58. The molecule has 9 heteroatoms. The fourth-order valence-corrected chi connectivity index (χ4v) is 3.16. The normalized spacial score (nSPS) is 12.0. The number of alkyl halides is 3. The molecule has 0 aliphatic rings. The van der Waals surface area contributed by atoms with Crippen molar-refractivity contribution < 1.29 is 37.8 Å². The van der Waals surface area contributed by atoms with Gasteiger partial charge in [-0.2, -0.15) is 13.2 Å². The Kier molecular flexibility index (Phi) is 8.40. The Morgan fingerprint density at radius 1 is 1.06 bits per heavy atom. The lowest BCUT2D eigenvalue weighted by Gasteiger charge is -2.15. The average Bonchev–Trinajstić information content (AvgIpc) is 2.71. The predicted molar refractivity (Wildman–Crippen MR) is 112 cm³/mol. The lowest BCUT2D eigenvalue weighted by molar-refractivity contribution is -0.0645. The van der Waals surface area contributed by atoms with Crippen LogP contribution in [-0.4, -0.2) is 34.0 Å². The van der Waals surface area contributed by atoms with Crippen molar-refractivity contribution in [2.75, 3.05) is 0 Å². The lowest BCUT2D eigenvalue weighted by Crippen LogP contribution is -2.23. The number of hydrogen-bond donors (Lipinski definition) is 2. The molecule has 0 saturated heterocycles. The van der Waals surface area contributed by atoms with Crippen LogP contribution in [0.3, 0.4) is 0 Å². The molecule has 0 spiro atoms. The van der Waals surface area contributed by atoms with Gasteiger partial charge in [-0.05, 0) is 60.6 Å². The second kappa shape index (κ2) is 10.8. The van der Waals surface area contributed by atoms with Crippen molar-refractivity contribution >= 4 is 17.7 Å². The molecule has 2 aromatic rings. The topological polar surface area (TPSA) is 96.2 Å². The molecular formula is C23H24F3NO5. The van der Waals surface area contributed by atoms with Gasteiger partial charge in [-0.3, -0.25) is 0 Å². The molecular weight excluding hydrogens is 427 g/mol. The third kappa shape index (κ3) is 6.57. The first-order chi connectivity index (χ1) is 15.0. The van der Waals surface area contributed by atoms with Crippen molar-refractivity contribution in [1.29, 1.82) is 0 Å². The minimum Gasteiger partial charge on any atom is -0.478 e. The van der Waals surface area contributed by atoms with Gasteiger partial charge in [-0.15, -0.1) is 0 Å². The fraction of sp³-hybridized carbons (Fsp3) is 0.348. The molecule has 2 rings (SSSR count). The Bertz CT molecular complexity index is 1020. The number of carbonyl (C=O) groups is 2. The zero-order valence-corrected chi connectivity index (χ0v) is 17.7. The van der Waals surface area contributed by atoms with Gasteiger partial charge in [-0.25, -0.2) is 9.59 Å². The quantitative estimate of drug-likeness (QED) is 0.362. The molecule has 0 unspecified atom stereocenters. The van der Waals surface area contributed by atoms with Crippen LogP contribution < -0.4 is 0 Å². The van der Waals surface area contributed by atoms with E-state index in [4.69, 9.17) is 9.94 Å². The van der Waals surface area contributed by atoms with E-state index in [0.29, 0.717) is 29.5 Å². The van der Waals surface area contributed by atoms with E-state index in [1.165, 1.54) is 12.1 Å². The van der Waals surface area contributed by atoms with Crippen LogP contribution in [0, 0.1) is 6.92 Å². The van der Waals surface area contributed by atoms with Crippen molar-refractivity contribution in [2.45, 2.75) is 52.3 Å². The number of unbranched alkanes of at least 4 members (excludes halogenated alkanes) is 1. The van der Waals surface area contributed by atoms with Crippen LogP contribution >= 0.6 is 0 Å². The van der Waals surface area contributed by atoms with E-state index in [-0.39, 0.29) is 30.6 Å². The molecule has 0 bridgehead atoms. The number of carboxylic acid groups (broad SMARTS) is 2. The van der Waals surface area contributed by atoms with Gasteiger partial charge >= 0.3 is 18.1 Å². The van der Waals surface area contributed by atoms with E-state index in [0.717, 1.165) is 11.6 Å². The number of carboxylic acids is 2. The van der Waals surface area contributed by atoms with Gasteiger partial charge in [0.15, 0.2) is 5.71 Å². The van der Waals surface area contributed by atoms with Gasteiger partial charge in [-0.1, -0.05) is 42.8 Å². The first-order valence-corrected chi connectivity index (χ1v) is 9.97. The number of benzene rings is 2. The monoisotopic (exact) mass is 451 g/mol. The average molecular weight is 451 g/mol. The van der Waals surface area contributed by atoms with Gasteiger partial charge in [0.05, 0.1) is 11.1 Å². The van der Waals surface area contributed by atoms with Crippen molar-refractivity contribution in [2.24, 2.45) is 5.16 Å². The molecule has 0 aromatic heterocycles. The van der Waals surface area contributed by atoms with Crippen LogP contribution in [0.4, 0.5) is 13.2 Å². The Morgan fingerprint density at radius 2 is 1.78 bits per heavy atom. The van der Waals surface area contributed by atoms with Gasteiger partial charge in [0, 0.05) is 0 Å². The summed E-state index contributed by atoms with van der Waals surface area (Å²) in [5.41, 5.74) is 1.07. The summed E-state index contributed by atoms with van der Waals surface area (Å²) in [4.78, 5) is 27.8. The third-order valence-corrected chi connectivity index (χ3v) is 4.95. The second-order valence-corrected chi connectivity index (χ2v) is 7.28. The number of nitrogens with zero attached hydrogens (tertiary/aromatic N) is 1. The number of aryl methyl sites for hydroxylation is 1. The van der Waals surface area contributed by atoms with E-state index < -0.39 is 23.8 Å². The van der Waals surface area contributed by atoms with Gasteiger partial charge in [0.1, 0.15) is 6.61 Å². The Balaban J connectivity index is 2.32. The lowest BCUT2D eigenvalue weighted by atomic mass is 9.93. The first-order valence-electron chi connectivity index (χ1n) is 9.97. The molecule has 0 aliphatic heterocycles. The highest BCUT2D eigenvalue weighted by Gasteiger charge is 2.35. The smallest absolute Gasteiger partial charge is 0.432 e. The van der Waals surface area contributed by atoms with Crippen LogP contribution in [0.25, 0.3) is 0 Å². The summed E-state index contributed by atoms with van der Waals surface area (Å²) in [6, 6.07) is 9.03. The Morgan fingerprint density at radius 3 is 2.38 bits per heavy atom. The molecule has 0 fully saturated rings. The van der Waals surface area contributed by atoms with Gasteiger partial charge in [0.25, 0.3) is 0 Å². The van der Waals surface area contributed by atoms with Crippen molar-refractivity contribution in [3.63, 3.8) is 0 Å². The summed E-state index contributed by atoms with van der Waals surface area (Å²) >= 11 is 0. The van der Waals surface area contributed by atoms with E-state index in [2.05, 4.69) is 5.16 Å². The molecule has 0 heterocycles. The van der Waals surface area contributed by atoms with Crippen molar-refractivity contribution in [1.82, 2.24) is 0 Å². The summed E-state index contributed by atoms with van der Waals surface area (Å²) in [5, 5.41) is 21.9. The molecule has 0 radical (unpaired) electrons. The molecule has 2 N–H and O–H groups in total. The number of oxime groups is 1. The van der Waals surface area contributed by atoms with Crippen LogP contribution in [-0.2, 0) is 17.9 Å². The molecule has 0 saturated carbocycles. The highest BCUT2D eigenvalue weighted by atomic mass is 19.4. The van der Waals surface area contributed by atoms with Gasteiger partial charge in [0.2, 0.25) is 0 Å². The van der Waals surface area contributed by atoms with E-state index in [9.17, 15) is 27.9 Å². The molecule has 172 valence electrons.